The topological polar surface area (TPSA) is 72.1 Å². The summed E-state index contributed by atoms with van der Waals surface area (Å²) in [6.07, 6.45) is 3.88. The lowest BCUT2D eigenvalue weighted by Crippen LogP contribution is -2.34. The fourth-order valence-corrected chi connectivity index (χ4v) is 6.01. The van der Waals surface area contributed by atoms with Gasteiger partial charge in [-0.05, 0) is 44.1 Å². The Kier molecular flexibility index (Phi) is 4.26. The summed E-state index contributed by atoms with van der Waals surface area (Å²) in [4.78, 5) is 25.7. The summed E-state index contributed by atoms with van der Waals surface area (Å²) in [5.41, 5.74) is 7.40. The first-order chi connectivity index (χ1) is 11.5. The van der Waals surface area contributed by atoms with Gasteiger partial charge in [0.2, 0.25) is 5.91 Å². The Balaban J connectivity index is 1.45. The van der Waals surface area contributed by atoms with E-state index in [0.29, 0.717) is 17.6 Å². The van der Waals surface area contributed by atoms with Crippen LogP contribution in [0.3, 0.4) is 0 Å². The fourth-order valence-electron chi connectivity index (χ4n) is 3.99. The van der Waals surface area contributed by atoms with Crippen molar-refractivity contribution in [3.8, 4) is 0 Å². The molecule has 1 amide bonds. The Bertz CT molecular complexity index is 790. The smallest absolute Gasteiger partial charge is 0.233 e. The standard InChI is InChI=1S/C17H22N4OS2/c1-9-10(2)24-17-15(9)16(19-8-20-17)23-7-14(22)21-5-11-3-4-13(18)12(11)6-21/h8,11-13H,3-7,18H2,1-2H3. The quantitative estimate of drug-likeness (QED) is 0.671. The fraction of sp³-hybridized carbons (Fsp3) is 0.588. The molecule has 0 radical (unpaired) electrons. The molecule has 2 fully saturated rings. The number of fused-ring (bicyclic) bond motifs is 2. The van der Waals surface area contributed by atoms with Crippen molar-refractivity contribution in [1.29, 1.82) is 0 Å². The molecule has 0 bridgehead atoms. The van der Waals surface area contributed by atoms with Gasteiger partial charge in [0.25, 0.3) is 0 Å². The summed E-state index contributed by atoms with van der Waals surface area (Å²) in [6.45, 7) is 5.93. The molecule has 2 aromatic heterocycles. The molecule has 1 saturated carbocycles. The Morgan fingerprint density at radius 3 is 3.00 bits per heavy atom. The van der Waals surface area contributed by atoms with E-state index >= 15 is 0 Å². The van der Waals surface area contributed by atoms with Crippen LogP contribution in [0.2, 0.25) is 0 Å². The van der Waals surface area contributed by atoms with Crippen LogP contribution < -0.4 is 5.73 Å². The van der Waals surface area contributed by atoms with Gasteiger partial charge in [-0.3, -0.25) is 4.79 Å². The Hall–Kier alpha value is -1.18. The molecule has 24 heavy (non-hydrogen) atoms. The van der Waals surface area contributed by atoms with Gasteiger partial charge in [0.05, 0.1) is 5.75 Å². The number of likely N-dealkylation sites (tertiary alicyclic amines) is 1. The van der Waals surface area contributed by atoms with Gasteiger partial charge in [-0.1, -0.05) is 11.8 Å². The van der Waals surface area contributed by atoms with Crippen LogP contribution >= 0.6 is 23.1 Å². The number of carbonyl (C=O) groups is 1. The molecule has 2 aromatic rings. The Morgan fingerprint density at radius 1 is 1.38 bits per heavy atom. The van der Waals surface area contributed by atoms with Crippen LogP contribution in [0.15, 0.2) is 11.4 Å². The number of nitrogens with two attached hydrogens (primary N) is 1. The molecule has 3 atom stereocenters. The number of aryl methyl sites for hydroxylation is 2. The van der Waals surface area contributed by atoms with Gasteiger partial charge in [0.15, 0.2) is 0 Å². The first-order valence-electron chi connectivity index (χ1n) is 8.41. The second kappa shape index (κ2) is 6.28. The molecule has 2 aliphatic rings. The second-order valence-electron chi connectivity index (χ2n) is 6.89. The summed E-state index contributed by atoms with van der Waals surface area (Å²) in [5, 5.41) is 2.03. The molecular weight excluding hydrogens is 340 g/mol. The molecule has 3 unspecified atom stereocenters. The number of rotatable bonds is 3. The van der Waals surface area contributed by atoms with Crippen molar-refractivity contribution in [2.24, 2.45) is 17.6 Å². The van der Waals surface area contributed by atoms with Crippen molar-refractivity contribution in [2.75, 3.05) is 18.8 Å². The maximum Gasteiger partial charge on any atom is 0.233 e. The van der Waals surface area contributed by atoms with E-state index in [4.69, 9.17) is 5.73 Å². The normalized spacial score (nSPS) is 26.3. The predicted molar refractivity (Wildman–Crippen MR) is 98.4 cm³/mol. The van der Waals surface area contributed by atoms with E-state index in [-0.39, 0.29) is 11.9 Å². The van der Waals surface area contributed by atoms with Crippen LogP contribution in [-0.4, -0.2) is 45.7 Å². The highest BCUT2D eigenvalue weighted by atomic mass is 32.2. The van der Waals surface area contributed by atoms with Crippen LogP contribution in [0, 0.1) is 25.7 Å². The van der Waals surface area contributed by atoms with Gasteiger partial charge in [0, 0.05) is 29.4 Å². The van der Waals surface area contributed by atoms with Crippen molar-refractivity contribution >= 4 is 39.2 Å². The number of hydrogen-bond acceptors (Lipinski definition) is 6. The lowest BCUT2D eigenvalue weighted by atomic mass is 9.98. The molecule has 5 nitrogen and oxygen atoms in total. The van der Waals surface area contributed by atoms with Gasteiger partial charge >= 0.3 is 0 Å². The molecular formula is C17H22N4OS2. The van der Waals surface area contributed by atoms with Gasteiger partial charge in [0.1, 0.15) is 16.2 Å². The van der Waals surface area contributed by atoms with Crippen LogP contribution in [0.25, 0.3) is 10.2 Å². The Morgan fingerprint density at radius 2 is 2.21 bits per heavy atom. The minimum atomic E-state index is 0.206. The third kappa shape index (κ3) is 2.72. The predicted octanol–water partition coefficient (Wildman–Crippen LogP) is 2.60. The molecule has 2 N–H and O–H groups in total. The van der Waals surface area contributed by atoms with E-state index in [1.165, 1.54) is 28.6 Å². The van der Waals surface area contributed by atoms with Gasteiger partial charge in [-0.25, -0.2) is 9.97 Å². The largest absolute Gasteiger partial charge is 0.341 e. The SMILES string of the molecule is Cc1sc2ncnc(SCC(=O)N3CC4CCC(N)C4C3)c2c1C. The van der Waals surface area contributed by atoms with Gasteiger partial charge in [-0.2, -0.15) is 0 Å². The highest BCUT2D eigenvalue weighted by Gasteiger charge is 2.42. The molecule has 4 rings (SSSR count). The zero-order valence-corrected chi connectivity index (χ0v) is 15.6. The van der Waals surface area contributed by atoms with Gasteiger partial charge in [-0.15, -0.1) is 11.3 Å². The van der Waals surface area contributed by atoms with Crippen molar-refractivity contribution in [3.05, 3.63) is 16.8 Å². The van der Waals surface area contributed by atoms with Crippen LogP contribution in [0.5, 0.6) is 0 Å². The molecule has 0 spiro atoms. The number of hydrogen-bond donors (Lipinski definition) is 1. The number of carbonyl (C=O) groups excluding carboxylic acids is 1. The number of thiophene rings is 1. The minimum Gasteiger partial charge on any atom is -0.341 e. The van der Waals surface area contributed by atoms with E-state index < -0.39 is 0 Å². The number of aromatic nitrogens is 2. The van der Waals surface area contributed by atoms with Crippen molar-refractivity contribution in [2.45, 2.75) is 37.8 Å². The highest BCUT2D eigenvalue weighted by molar-refractivity contribution is 8.00. The molecule has 7 heteroatoms. The molecule has 1 aliphatic heterocycles. The zero-order chi connectivity index (χ0) is 16.8. The lowest BCUT2D eigenvalue weighted by Gasteiger charge is -2.18. The van der Waals surface area contributed by atoms with E-state index in [9.17, 15) is 4.79 Å². The molecule has 1 aliphatic carbocycles. The molecule has 128 valence electrons. The summed E-state index contributed by atoms with van der Waals surface area (Å²) in [5.74, 6) is 1.76. The maximum absolute atomic E-state index is 12.6. The van der Waals surface area contributed by atoms with Crippen molar-refractivity contribution in [3.63, 3.8) is 0 Å². The second-order valence-corrected chi connectivity index (χ2v) is 9.06. The first kappa shape index (κ1) is 16.3. The first-order valence-corrected chi connectivity index (χ1v) is 10.2. The average molecular weight is 363 g/mol. The zero-order valence-electron chi connectivity index (χ0n) is 14.0. The highest BCUT2D eigenvalue weighted by Crippen LogP contribution is 2.38. The van der Waals surface area contributed by atoms with Crippen molar-refractivity contribution in [1.82, 2.24) is 14.9 Å². The van der Waals surface area contributed by atoms with Crippen LogP contribution in [-0.2, 0) is 4.79 Å². The van der Waals surface area contributed by atoms with Crippen molar-refractivity contribution < 1.29 is 4.79 Å². The number of amides is 1. The summed E-state index contributed by atoms with van der Waals surface area (Å²) in [6, 6.07) is 0.276. The summed E-state index contributed by atoms with van der Waals surface area (Å²) < 4.78 is 0. The number of thioether (sulfide) groups is 1. The molecule has 3 heterocycles. The summed E-state index contributed by atoms with van der Waals surface area (Å²) >= 11 is 3.22. The van der Waals surface area contributed by atoms with E-state index in [1.54, 1.807) is 17.7 Å². The molecule has 0 aromatic carbocycles. The average Bonchev–Trinajstić information content (AvgIpc) is 3.22. The van der Waals surface area contributed by atoms with Crippen LogP contribution in [0.4, 0.5) is 0 Å². The third-order valence-corrected chi connectivity index (χ3v) is 7.62. The van der Waals surface area contributed by atoms with E-state index in [0.717, 1.165) is 34.8 Å². The third-order valence-electron chi connectivity index (χ3n) is 5.53. The monoisotopic (exact) mass is 362 g/mol. The molecule has 1 saturated heterocycles. The maximum atomic E-state index is 12.6. The summed E-state index contributed by atoms with van der Waals surface area (Å²) in [7, 11) is 0. The minimum absolute atomic E-state index is 0.206. The lowest BCUT2D eigenvalue weighted by molar-refractivity contribution is -0.127. The number of nitrogens with zero attached hydrogens (tertiary/aromatic N) is 3. The van der Waals surface area contributed by atoms with E-state index in [1.807, 2.05) is 4.90 Å². The Labute approximate surface area is 150 Å². The van der Waals surface area contributed by atoms with E-state index in [2.05, 4.69) is 23.8 Å². The van der Waals surface area contributed by atoms with Crippen LogP contribution in [0.1, 0.15) is 23.3 Å². The van der Waals surface area contributed by atoms with Gasteiger partial charge < -0.3 is 10.6 Å².